The molecule has 8 aliphatic rings. The molecule has 2 spiro atoms. The van der Waals surface area contributed by atoms with Crippen molar-refractivity contribution in [2.75, 3.05) is 53.6 Å². The van der Waals surface area contributed by atoms with Gasteiger partial charge in [-0.05, 0) is 163 Å². The van der Waals surface area contributed by atoms with Crippen molar-refractivity contribution < 1.29 is 29.2 Å². The molecule has 0 aromatic carbocycles. The van der Waals surface area contributed by atoms with Gasteiger partial charge >= 0.3 is 0 Å². The summed E-state index contributed by atoms with van der Waals surface area (Å²) >= 11 is 0. The zero-order valence-corrected chi connectivity index (χ0v) is 33.3. The van der Waals surface area contributed by atoms with Gasteiger partial charge in [0.15, 0.2) is 6.29 Å². The first kappa shape index (κ1) is 38.0. The summed E-state index contributed by atoms with van der Waals surface area (Å²) in [5, 5.41) is 18.0. The lowest BCUT2D eigenvalue weighted by Crippen LogP contribution is -2.57. The van der Waals surface area contributed by atoms with Crippen molar-refractivity contribution >= 4 is 0 Å². The molecule has 2 N–H and O–H groups in total. The number of aliphatic hydroxyl groups excluding tert-OH is 1. The fraction of sp³-hybridized carbons (Fsp3) is 1.00. The third-order valence-corrected chi connectivity index (χ3v) is 17.2. The molecule has 5 saturated carbocycles. The van der Waals surface area contributed by atoms with E-state index in [2.05, 4.69) is 44.5 Å². The second-order valence-corrected chi connectivity index (χ2v) is 19.6. The summed E-state index contributed by atoms with van der Waals surface area (Å²) in [4.78, 5) is 5.16. The normalized spacial score (nSPS) is 48.2. The molecule has 3 aliphatic heterocycles. The number of likely N-dealkylation sites (tertiary alicyclic amines) is 1. The van der Waals surface area contributed by atoms with Gasteiger partial charge in [-0.1, -0.05) is 27.7 Å². The quantitative estimate of drug-likeness (QED) is 0.317. The highest BCUT2D eigenvalue weighted by molar-refractivity contribution is 5.32. The molecule has 0 bridgehead atoms. The van der Waals surface area contributed by atoms with Crippen LogP contribution in [-0.2, 0) is 18.9 Å². The Balaban J connectivity index is 0.00000193. The minimum Gasteiger partial charge on any atom is -0.400 e. The molecule has 5 aliphatic carbocycles. The fourth-order valence-electron chi connectivity index (χ4n) is 15.0. The van der Waals surface area contributed by atoms with Crippen LogP contribution in [0.1, 0.15) is 119 Å². The Morgan fingerprint density at radius 2 is 1.60 bits per heavy atom. The molecule has 0 amide bonds. The molecule has 8 nitrogen and oxygen atoms in total. The lowest BCUT2D eigenvalue weighted by atomic mass is 9.46. The summed E-state index contributed by atoms with van der Waals surface area (Å²) in [5.41, 5.74) is 0.623. The topological polar surface area (TPSA) is 83.9 Å². The maximum absolute atomic E-state index is 11.0. The zero-order valence-electron chi connectivity index (χ0n) is 33.3. The van der Waals surface area contributed by atoms with Gasteiger partial charge < -0.3 is 34.1 Å². The summed E-state index contributed by atoms with van der Waals surface area (Å²) in [6.07, 6.45) is 14.3. The van der Waals surface area contributed by atoms with Crippen LogP contribution in [0, 0.1) is 51.2 Å². The second-order valence-electron chi connectivity index (χ2n) is 19.6. The molecule has 3 heterocycles. The van der Waals surface area contributed by atoms with Crippen molar-refractivity contribution in [3.63, 3.8) is 0 Å². The fourth-order valence-corrected chi connectivity index (χ4v) is 15.0. The summed E-state index contributed by atoms with van der Waals surface area (Å²) in [6, 6.07) is 0.682. The summed E-state index contributed by atoms with van der Waals surface area (Å²) in [5.74, 6) is 3.77. The van der Waals surface area contributed by atoms with E-state index in [1.165, 1.54) is 77.3 Å². The van der Waals surface area contributed by atoms with Crippen molar-refractivity contribution in [1.29, 1.82) is 0 Å². The number of piperidine rings is 1. The van der Waals surface area contributed by atoms with Gasteiger partial charge in [-0.15, -0.1) is 0 Å². The monoisotopic (exact) mass is 703 g/mol. The van der Waals surface area contributed by atoms with Gasteiger partial charge in [-0.3, -0.25) is 4.90 Å². The van der Waals surface area contributed by atoms with Crippen LogP contribution in [0.2, 0.25) is 0 Å². The van der Waals surface area contributed by atoms with Gasteiger partial charge in [-0.2, -0.15) is 0 Å². The molecule has 0 aromatic rings. The lowest BCUT2D eigenvalue weighted by molar-refractivity contribution is -0.248. The van der Waals surface area contributed by atoms with Gasteiger partial charge in [0.1, 0.15) is 6.10 Å². The van der Waals surface area contributed by atoms with Crippen molar-refractivity contribution in [3.05, 3.63) is 0 Å². The van der Waals surface area contributed by atoms with Crippen molar-refractivity contribution in [1.82, 2.24) is 9.80 Å². The molecule has 50 heavy (non-hydrogen) atoms. The van der Waals surface area contributed by atoms with Gasteiger partial charge in [0.25, 0.3) is 0 Å². The van der Waals surface area contributed by atoms with Crippen molar-refractivity contribution in [3.8, 4) is 0 Å². The molecular formula is C42H74N2O6. The van der Waals surface area contributed by atoms with Crippen LogP contribution in [0.5, 0.6) is 0 Å². The number of ether oxygens (including phenoxy) is 4. The third-order valence-electron chi connectivity index (χ3n) is 17.2. The van der Waals surface area contributed by atoms with E-state index in [0.717, 1.165) is 56.9 Å². The van der Waals surface area contributed by atoms with E-state index >= 15 is 0 Å². The number of aliphatic hydroxyl groups is 2. The van der Waals surface area contributed by atoms with Crippen molar-refractivity contribution in [2.24, 2.45) is 51.2 Å². The first-order chi connectivity index (χ1) is 23.8. The smallest absolute Gasteiger partial charge is 0.170 e. The number of fused-ring (bicyclic) bond motifs is 4. The highest BCUT2D eigenvalue weighted by Gasteiger charge is 2.84. The lowest BCUT2D eigenvalue weighted by Gasteiger charge is -2.60. The van der Waals surface area contributed by atoms with E-state index in [9.17, 15) is 5.11 Å². The molecule has 8 rings (SSSR count). The molecule has 0 aromatic heterocycles. The van der Waals surface area contributed by atoms with Gasteiger partial charge in [0.05, 0.1) is 30.5 Å². The van der Waals surface area contributed by atoms with E-state index in [-0.39, 0.29) is 30.0 Å². The van der Waals surface area contributed by atoms with E-state index in [0.29, 0.717) is 40.9 Å². The number of nitrogens with zero attached hydrogens (tertiary/aromatic N) is 2. The molecule has 13 atom stereocenters. The molecule has 3 saturated heterocycles. The van der Waals surface area contributed by atoms with Crippen LogP contribution in [0.15, 0.2) is 0 Å². The zero-order chi connectivity index (χ0) is 35.9. The molecule has 12 unspecified atom stereocenters. The Labute approximate surface area is 304 Å². The predicted octanol–water partition coefficient (Wildman–Crippen LogP) is 6.36. The number of morpholine rings is 1. The minimum atomic E-state index is -0.897. The first-order valence-corrected chi connectivity index (χ1v) is 20.9. The number of rotatable bonds is 7. The third kappa shape index (κ3) is 5.73. The summed E-state index contributed by atoms with van der Waals surface area (Å²) < 4.78 is 26.6. The van der Waals surface area contributed by atoms with E-state index < -0.39 is 5.60 Å². The Hall–Kier alpha value is -0.320. The average Bonchev–Trinajstić information content (AvgIpc) is 3.47. The number of hydrogen-bond acceptors (Lipinski definition) is 8. The second kappa shape index (κ2) is 13.8. The molecule has 8 heteroatoms. The van der Waals surface area contributed by atoms with Gasteiger partial charge in [0, 0.05) is 32.8 Å². The highest BCUT2D eigenvalue weighted by Crippen LogP contribution is 2.89. The van der Waals surface area contributed by atoms with E-state index in [4.69, 9.17) is 24.1 Å². The van der Waals surface area contributed by atoms with Gasteiger partial charge in [-0.25, -0.2) is 0 Å². The highest BCUT2D eigenvalue weighted by atomic mass is 16.7. The Bertz CT molecular complexity index is 1190. The summed E-state index contributed by atoms with van der Waals surface area (Å²) in [6.45, 7) is 22.1. The Morgan fingerprint density at radius 1 is 0.880 bits per heavy atom. The maximum atomic E-state index is 11.0. The molecule has 0 radical (unpaired) electrons. The van der Waals surface area contributed by atoms with Crippen molar-refractivity contribution in [2.45, 2.75) is 161 Å². The van der Waals surface area contributed by atoms with E-state index in [1.54, 1.807) is 0 Å². The molecule has 8 fully saturated rings. The molecule has 288 valence electrons. The Kier molecular flexibility index (Phi) is 10.5. The number of hydrogen-bond donors (Lipinski definition) is 2. The predicted molar refractivity (Wildman–Crippen MR) is 197 cm³/mol. The first-order valence-electron chi connectivity index (χ1n) is 20.9. The minimum absolute atomic E-state index is 0.00786. The Morgan fingerprint density at radius 3 is 2.30 bits per heavy atom. The standard InChI is InChI=1S/C41H70N2O5.CH4O/c1-9-45-36(38(5,6)44)31-12-10-29-32(47-31)24-30-28-11-13-33-37(3,4)34(14-17-41(33)26(2)40(28,41)19-18-39(29,30)7)48-35-25-43(22-23-46-35)27-15-20-42(8)21-16-27;1-2/h26-36,44H,9-25H2,1-8H3;2H,1H3/t26-,28?,29?,30?,31?,32?,33?,34?,35?,36?,39?,40?,41?;/m0./s1. The van der Waals surface area contributed by atoms with Crippen LogP contribution < -0.4 is 0 Å². The maximum Gasteiger partial charge on any atom is 0.170 e. The van der Waals surface area contributed by atoms with Crippen LogP contribution in [0.25, 0.3) is 0 Å². The summed E-state index contributed by atoms with van der Waals surface area (Å²) in [7, 11) is 3.26. The van der Waals surface area contributed by atoms with Gasteiger partial charge in [0.2, 0.25) is 0 Å². The van der Waals surface area contributed by atoms with Crippen LogP contribution >= 0.6 is 0 Å². The average molecular weight is 703 g/mol. The largest absolute Gasteiger partial charge is 0.400 e. The van der Waals surface area contributed by atoms with Crippen LogP contribution in [0.4, 0.5) is 0 Å². The van der Waals surface area contributed by atoms with Crippen LogP contribution in [-0.4, -0.2) is 116 Å². The van der Waals surface area contributed by atoms with E-state index in [1.807, 2.05) is 20.8 Å². The SMILES string of the molecule is CCOC(C1CCC2C(CC3C4CCC5C(C)(C)C(OC6CN(C7CCN(C)CC7)CCO6)CCC56[C@@H](C)C46CCC23C)O1)C(C)(C)O.CO. The van der Waals surface area contributed by atoms with Crippen LogP contribution in [0.3, 0.4) is 0 Å². The molecular weight excluding hydrogens is 628 g/mol.